The zero-order chi connectivity index (χ0) is 36.0. The monoisotopic (exact) mass is 714 g/mol. The lowest BCUT2D eigenvalue weighted by Gasteiger charge is -2.42. The third-order valence-electron chi connectivity index (χ3n) is 10.6. The summed E-state index contributed by atoms with van der Waals surface area (Å²) >= 11 is 0. The van der Waals surface area contributed by atoms with E-state index in [0.717, 1.165) is 23.5 Å². The van der Waals surface area contributed by atoms with Gasteiger partial charge in [-0.25, -0.2) is 18.2 Å². The number of fused-ring (bicyclic) bond motifs is 5. The molecule has 4 atom stereocenters. The number of aromatic hydroxyl groups is 1. The molecule has 4 saturated heterocycles. The molecule has 2 bridgehead atoms. The SMILES string of the molecule is C#Cc1c(F)ccc2cc(O)cc(-c3nc(F)c4c(N5CC6CCC(C5)N6C(=O)C(F)(F)F)nc(OC[C@]56CCCN5C[C@@H](F)C6)nc4c3F)c12. The van der Waals surface area contributed by atoms with E-state index in [0.29, 0.717) is 13.0 Å². The Morgan fingerprint density at radius 3 is 2.51 bits per heavy atom. The maximum Gasteiger partial charge on any atom is 0.471 e. The van der Waals surface area contributed by atoms with Crippen molar-refractivity contribution in [2.75, 3.05) is 37.7 Å². The maximum atomic E-state index is 16.9. The van der Waals surface area contributed by atoms with Gasteiger partial charge in [-0.05, 0) is 55.8 Å². The van der Waals surface area contributed by atoms with Crippen molar-refractivity contribution in [3.05, 3.63) is 47.4 Å². The smallest absolute Gasteiger partial charge is 0.471 e. The number of amides is 1. The second-order valence-electron chi connectivity index (χ2n) is 13.6. The zero-order valence-corrected chi connectivity index (χ0v) is 26.8. The highest BCUT2D eigenvalue weighted by Gasteiger charge is 2.52. The maximum absolute atomic E-state index is 16.9. The Labute approximate surface area is 286 Å². The first-order chi connectivity index (χ1) is 24.3. The molecule has 1 amide bonds. The number of anilines is 1. The van der Waals surface area contributed by atoms with Crippen LogP contribution in [-0.2, 0) is 4.79 Å². The molecule has 0 saturated carbocycles. The molecule has 8 rings (SSSR count). The normalized spacial score (nSPS) is 24.8. The summed E-state index contributed by atoms with van der Waals surface area (Å²) in [6, 6.07) is 2.54. The quantitative estimate of drug-likeness (QED) is 0.161. The van der Waals surface area contributed by atoms with E-state index in [-0.39, 0.29) is 79.0 Å². The molecule has 2 aromatic carbocycles. The van der Waals surface area contributed by atoms with Crippen molar-refractivity contribution in [3.8, 4) is 35.4 Å². The van der Waals surface area contributed by atoms with Crippen LogP contribution in [0.2, 0.25) is 0 Å². The Balaban J connectivity index is 1.28. The van der Waals surface area contributed by atoms with Gasteiger partial charge in [0.2, 0.25) is 5.95 Å². The molecular weight excluding hydrogens is 685 g/mol. The summed E-state index contributed by atoms with van der Waals surface area (Å²) in [5, 5.41) is 10.2. The van der Waals surface area contributed by atoms with Crippen LogP contribution >= 0.6 is 0 Å². The second-order valence-corrected chi connectivity index (χ2v) is 13.6. The third-order valence-corrected chi connectivity index (χ3v) is 10.6. The number of phenolic OH excluding ortho intramolecular Hbond substituents is 1. The van der Waals surface area contributed by atoms with Gasteiger partial charge in [-0.1, -0.05) is 12.0 Å². The Morgan fingerprint density at radius 2 is 1.80 bits per heavy atom. The summed E-state index contributed by atoms with van der Waals surface area (Å²) < 4.78 is 109. The molecule has 4 fully saturated rings. The standard InChI is InChI=1S/C35H29F7N6O3/c1-2-22-24(37)7-4-17-10-21(49)11-23(25(17)22)28-27(38)29-26(30(39)43-28)31(46-14-19-5-6-20(15-46)48(19)32(50)35(40,41)42)45-33(44-29)51-16-34-8-3-9-47(34)13-18(36)12-34/h1,4,7,10-11,18-20,49H,3,5-6,8-9,12-16H2/t18-,19?,20?,34+/m0/s1. The first-order valence-electron chi connectivity index (χ1n) is 16.4. The van der Waals surface area contributed by atoms with E-state index >= 15 is 8.78 Å². The van der Waals surface area contributed by atoms with E-state index in [1.165, 1.54) is 17.0 Å². The highest BCUT2D eigenvalue weighted by atomic mass is 19.4. The Kier molecular flexibility index (Phi) is 7.71. The molecule has 0 radical (unpaired) electrons. The fourth-order valence-electron chi connectivity index (χ4n) is 8.52. The van der Waals surface area contributed by atoms with E-state index in [1.807, 2.05) is 4.90 Å². The molecule has 1 N–H and O–H groups in total. The molecule has 2 unspecified atom stereocenters. The Bertz CT molecular complexity index is 2150. The van der Waals surface area contributed by atoms with E-state index in [2.05, 4.69) is 20.9 Å². The van der Waals surface area contributed by atoms with Crippen LogP contribution in [0, 0.1) is 29.9 Å². The van der Waals surface area contributed by atoms with Gasteiger partial charge in [-0.3, -0.25) is 9.69 Å². The molecule has 0 spiro atoms. The number of ether oxygens (including phenoxy) is 1. The number of halogens is 7. The average Bonchev–Trinajstić information content (AvgIpc) is 3.70. The summed E-state index contributed by atoms with van der Waals surface area (Å²) in [6.07, 6.45) is 1.54. The molecule has 16 heteroatoms. The number of aromatic nitrogens is 3. The van der Waals surface area contributed by atoms with Gasteiger partial charge in [0.15, 0.2) is 5.82 Å². The van der Waals surface area contributed by atoms with E-state index < -0.39 is 76.1 Å². The van der Waals surface area contributed by atoms with Crippen molar-refractivity contribution in [3.63, 3.8) is 0 Å². The fourth-order valence-corrected chi connectivity index (χ4v) is 8.52. The van der Waals surface area contributed by atoms with Crippen LogP contribution in [0.3, 0.4) is 0 Å². The minimum absolute atomic E-state index is 0.0179. The van der Waals surface area contributed by atoms with Crippen LogP contribution < -0.4 is 9.64 Å². The first-order valence-corrected chi connectivity index (χ1v) is 16.4. The van der Waals surface area contributed by atoms with Crippen molar-refractivity contribution in [2.45, 2.75) is 62.1 Å². The van der Waals surface area contributed by atoms with E-state index in [4.69, 9.17) is 11.2 Å². The van der Waals surface area contributed by atoms with Gasteiger partial charge in [0.25, 0.3) is 0 Å². The van der Waals surface area contributed by atoms with Crippen LogP contribution in [-0.4, -0.2) is 98.5 Å². The molecule has 2 aromatic heterocycles. The largest absolute Gasteiger partial charge is 0.508 e. The summed E-state index contributed by atoms with van der Waals surface area (Å²) in [7, 11) is 0. The number of alkyl halides is 4. The molecule has 51 heavy (non-hydrogen) atoms. The first kappa shape index (κ1) is 33.2. The predicted octanol–water partition coefficient (Wildman–Crippen LogP) is 5.65. The lowest BCUT2D eigenvalue weighted by molar-refractivity contribution is -0.188. The number of hydrogen-bond acceptors (Lipinski definition) is 8. The third kappa shape index (κ3) is 5.35. The van der Waals surface area contributed by atoms with Crippen molar-refractivity contribution >= 4 is 33.4 Å². The van der Waals surface area contributed by atoms with Crippen LogP contribution in [0.1, 0.15) is 37.7 Å². The summed E-state index contributed by atoms with van der Waals surface area (Å²) in [6.45, 7) is 0.446. The molecule has 4 aliphatic rings. The highest BCUT2D eigenvalue weighted by Crippen LogP contribution is 2.43. The van der Waals surface area contributed by atoms with Gasteiger partial charge in [-0.15, -0.1) is 6.42 Å². The second kappa shape index (κ2) is 11.8. The number of pyridine rings is 1. The minimum atomic E-state index is -5.09. The minimum Gasteiger partial charge on any atom is -0.508 e. The number of carbonyl (C=O) groups excluding carboxylic acids is 1. The lowest BCUT2D eigenvalue weighted by Crippen LogP contribution is -2.59. The average molecular weight is 715 g/mol. The van der Waals surface area contributed by atoms with Gasteiger partial charge < -0.3 is 19.6 Å². The molecule has 266 valence electrons. The van der Waals surface area contributed by atoms with Crippen molar-refractivity contribution < 1.29 is 45.4 Å². The summed E-state index contributed by atoms with van der Waals surface area (Å²) in [4.78, 5) is 29.1. The number of rotatable bonds is 5. The van der Waals surface area contributed by atoms with Crippen LogP contribution in [0.15, 0.2) is 24.3 Å². The molecule has 0 aliphatic carbocycles. The molecular formula is C35H29F7N6O3. The number of benzene rings is 2. The lowest BCUT2D eigenvalue weighted by atomic mass is 9.95. The summed E-state index contributed by atoms with van der Waals surface area (Å²) in [5.41, 5.74) is -2.43. The van der Waals surface area contributed by atoms with Gasteiger partial charge in [0, 0.05) is 37.0 Å². The fraction of sp³-hybridized carbons (Fsp3) is 0.429. The van der Waals surface area contributed by atoms with Gasteiger partial charge in [-0.2, -0.15) is 27.5 Å². The van der Waals surface area contributed by atoms with Gasteiger partial charge in [0.1, 0.15) is 46.8 Å². The van der Waals surface area contributed by atoms with E-state index in [1.54, 1.807) is 0 Å². The number of piperazine rings is 1. The van der Waals surface area contributed by atoms with Gasteiger partial charge in [0.05, 0.1) is 23.2 Å². The number of nitrogens with zero attached hydrogens (tertiary/aromatic N) is 6. The van der Waals surface area contributed by atoms with Crippen molar-refractivity contribution in [1.82, 2.24) is 24.8 Å². The molecule has 6 heterocycles. The number of terminal acetylenes is 1. The van der Waals surface area contributed by atoms with Crippen LogP contribution in [0.4, 0.5) is 36.6 Å². The zero-order valence-electron chi connectivity index (χ0n) is 26.8. The predicted molar refractivity (Wildman–Crippen MR) is 170 cm³/mol. The highest BCUT2D eigenvalue weighted by molar-refractivity contribution is 6.03. The topological polar surface area (TPSA) is 94.9 Å². The van der Waals surface area contributed by atoms with Gasteiger partial charge >= 0.3 is 18.1 Å². The van der Waals surface area contributed by atoms with Crippen LogP contribution in [0.25, 0.3) is 32.9 Å². The Hall–Kier alpha value is -4.91. The molecule has 9 nitrogen and oxygen atoms in total. The number of phenols is 1. The van der Waals surface area contributed by atoms with Crippen molar-refractivity contribution in [1.29, 1.82) is 0 Å². The summed E-state index contributed by atoms with van der Waals surface area (Å²) in [5.74, 6) is -3.62. The molecule has 4 aromatic rings. The Morgan fingerprint density at radius 1 is 1.06 bits per heavy atom. The number of carbonyl (C=O) groups is 1. The van der Waals surface area contributed by atoms with Crippen LogP contribution in [0.5, 0.6) is 11.8 Å². The number of hydrogen-bond donors (Lipinski definition) is 1. The molecule has 4 aliphatic heterocycles. The van der Waals surface area contributed by atoms with E-state index in [9.17, 15) is 31.9 Å². The van der Waals surface area contributed by atoms with Crippen molar-refractivity contribution in [2.24, 2.45) is 0 Å².